The average Bonchev–Trinajstić information content (AvgIpc) is 2.79. The van der Waals surface area contributed by atoms with Crippen LogP contribution in [0.3, 0.4) is 0 Å². The van der Waals surface area contributed by atoms with Gasteiger partial charge in [-0.2, -0.15) is 4.31 Å². The molecule has 0 radical (unpaired) electrons. The Morgan fingerprint density at radius 3 is 2.56 bits per heavy atom. The van der Waals surface area contributed by atoms with E-state index in [4.69, 9.17) is 4.74 Å². The Balaban J connectivity index is 1.74. The monoisotopic (exact) mass is 487 g/mol. The van der Waals surface area contributed by atoms with Crippen LogP contribution in [0.2, 0.25) is 0 Å². The molecule has 1 aromatic heterocycles. The second-order valence-corrected chi connectivity index (χ2v) is 11.3. The summed E-state index contributed by atoms with van der Waals surface area (Å²) in [6.07, 6.45) is 5.87. The first-order chi connectivity index (χ1) is 16.2. The first-order valence-corrected chi connectivity index (χ1v) is 13.2. The fourth-order valence-corrected chi connectivity index (χ4v) is 6.32. The number of carbonyl (C=O) groups excluding carboxylic acids is 1. The number of rotatable bonds is 6. The van der Waals surface area contributed by atoms with Crippen molar-refractivity contribution in [3.8, 4) is 16.9 Å². The van der Waals surface area contributed by atoms with Gasteiger partial charge in [-0.05, 0) is 55.2 Å². The van der Waals surface area contributed by atoms with Crippen LogP contribution in [0.5, 0.6) is 5.75 Å². The molecule has 0 spiro atoms. The molecule has 1 N–H and O–H groups in total. The minimum atomic E-state index is -3.91. The predicted molar refractivity (Wildman–Crippen MR) is 129 cm³/mol. The van der Waals surface area contributed by atoms with E-state index in [-0.39, 0.29) is 41.5 Å². The zero-order valence-electron chi connectivity index (χ0n) is 19.9. The van der Waals surface area contributed by atoms with Crippen molar-refractivity contribution >= 4 is 15.9 Å². The van der Waals surface area contributed by atoms with Crippen molar-refractivity contribution in [3.05, 3.63) is 42.7 Å². The lowest BCUT2D eigenvalue weighted by Gasteiger charge is -2.38. The van der Waals surface area contributed by atoms with Gasteiger partial charge < -0.3 is 14.7 Å². The number of aromatic nitrogens is 1. The molecule has 8 nitrogen and oxygen atoms in total. The maximum Gasteiger partial charge on any atom is 0.247 e. The van der Waals surface area contributed by atoms with Crippen molar-refractivity contribution in [1.29, 1.82) is 0 Å². The molecule has 0 bridgehead atoms. The number of hydrogen-bond acceptors (Lipinski definition) is 6. The largest absolute Gasteiger partial charge is 0.487 e. The fraction of sp³-hybridized carbons (Fsp3) is 0.520. The third-order valence-corrected chi connectivity index (χ3v) is 8.98. The first kappa shape index (κ1) is 24.6. The SMILES string of the molecule is C[C@H]1CN([C@@H](C)CO)S(=O)(=O)c2ccc(-c3ccncc3)cc2O[C@@H]1CN(C)C(=O)C1CCC1. The van der Waals surface area contributed by atoms with Crippen LogP contribution in [0, 0.1) is 11.8 Å². The number of sulfonamides is 1. The molecule has 1 fully saturated rings. The normalized spacial score (nSPS) is 23.5. The molecule has 1 aromatic carbocycles. The van der Waals surface area contributed by atoms with Crippen LogP contribution < -0.4 is 4.74 Å². The fourth-order valence-electron chi connectivity index (χ4n) is 4.49. The van der Waals surface area contributed by atoms with Gasteiger partial charge in [-0.1, -0.05) is 19.4 Å². The zero-order valence-corrected chi connectivity index (χ0v) is 20.7. The predicted octanol–water partition coefficient (Wildman–Crippen LogP) is 2.78. The van der Waals surface area contributed by atoms with Gasteiger partial charge in [0.2, 0.25) is 15.9 Å². The van der Waals surface area contributed by atoms with Crippen LogP contribution in [-0.4, -0.2) is 72.5 Å². The van der Waals surface area contributed by atoms with E-state index in [9.17, 15) is 18.3 Å². The summed E-state index contributed by atoms with van der Waals surface area (Å²) in [5.74, 6) is 0.234. The molecule has 1 amide bonds. The summed E-state index contributed by atoms with van der Waals surface area (Å²) in [4.78, 5) is 18.6. The summed E-state index contributed by atoms with van der Waals surface area (Å²) in [6.45, 7) is 3.88. The van der Waals surface area contributed by atoms with E-state index >= 15 is 0 Å². The van der Waals surface area contributed by atoms with Gasteiger partial charge in [0.1, 0.15) is 16.7 Å². The zero-order chi connectivity index (χ0) is 24.5. The van der Waals surface area contributed by atoms with E-state index < -0.39 is 22.2 Å². The molecule has 1 saturated carbocycles. The topological polar surface area (TPSA) is 100 Å². The van der Waals surface area contributed by atoms with Crippen LogP contribution in [0.25, 0.3) is 11.1 Å². The lowest BCUT2D eigenvalue weighted by molar-refractivity contribution is -0.138. The highest BCUT2D eigenvalue weighted by atomic mass is 32.2. The molecule has 1 aliphatic carbocycles. The molecule has 2 aromatic rings. The van der Waals surface area contributed by atoms with Crippen molar-refractivity contribution in [1.82, 2.24) is 14.2 Å². The van der Waals surface area contributed by atoms with Crippen molar-refractivity contribution < 1.29 is 23.1 Å². The number of likely N-dealkylation sites (N-methyl/N-ethyl adjacent to an activating group) is 1. The highest BCUT2D eigenvalue weighted by Crippen LogP contribution is 2.37. The molecule has 4 rings (SSSR count). The third-order valence-electron chi connectivity index (χ3n) is 6.97. The average molecular weight is 488 g/mol. The summed E-state index contributed by atoms with van der Waals surface area (Å²) in [6, 6.07) is 8.17. The number of aliphatic hydroxyl groups is 1. The number of amides is 1. The lowest BCUT2D eigenvalue weighted by Crippen LogP contribution is -2.50. The highest BCUT2D eigenvalue weighted by Gasteiger charge is 2.39. The maximum absolute atomic E-state index is 13.6. The van der Waals surface area contributed by atoms with E-state index in [1.807, 2.05) is 19.1 Å². The molecule has 3 atom stereocenters. The van der Waals surface area contributed by atoms with Gasteiger partial charge in [-0.25, -0.2) is 8.42 Å². The van der Waals surface area contributed by atoms with Crippen LogP contribution in [0.1, 0.15) is 33.1 Å². The Bertz CT molecular complexity index is 1120. The van der Waals surface area contributed by atoms with Crippen LogP contribution in [0.4, 0.5) is 0 Å². The number of carbonyl (C=O) groups is 1. The second-order valence-electron chi connectivity index (χ2n) is 9.48. The molecule has 2 heterocycles. The smallest absolute Gasteiger partial charge is 0.247 e. The molecule has 34 heavy (non-hydrogen) atoms. The van der Waals surface area contributed by atoms with Crippen LogP contribution >= 0.6 is 0 Å². The van der Waals surface area contributed by atoms with Crippen LogP contribution in [0.15, 0.2) is 47.6 Å². The Kier molecular flexibility index (Phi) is 7.25. The van der Waals surface area contributed by atoms with Gasteiger partial charge in [-0.3, -0.25) is 9.78 Å². The number of nitrogens with zero attached hydrogens (tertiary/aromatic N) is 3. The van der Waals surface area contributed by atoms with Crippen molar-refractivity contribution in [2.45, 2.75) is 50.2 Å². The maximum atomic E-state index is 13.6. The number of hydrogen-bond donors (Lipinski definition) is 1. The van der Waals surface area contributed by atoms with Crippen molar-refractivity contribution in [3.63, 3.8) is 0 Å². The Morgan fingerprint density at radius 2 is 1.94 bits per heavy atom. The van der Waals surface area contributed by atoms with Crippen LogP contribution in [-0.2, 0) is 14.8 Å². The van der Waals surface area contributed by atoms with E-state index in [2.05, 4.69) is 4.98 Å². The number of fused-ring (bicyclic) bond motifs is 1. The summed E-state index contributed by atoms with van der Waals surface area (Å²) in [5.41, 5.74) is 1.70. The number of aliphatic hydroxyl groups excluding tert-OH is 1. The molecule has 1 aliphatic heterocycles. The number of benzene rings is 1. The van der Waals surface area contributed by atoms with Gasteiger partial charge in [-0.15, -0.1) is 0 Å². The minimum Gasteiger partial charge on any atom is -0.487 e. The molecular formula is C25H33N3O5S. The Labute approximate surface area is 201 Å². The third kappa shape index (κ3) is 4.82. The van der Waals surface area contributed by atoms with Gasteiger partial charge in [0.25, 0.3) is 0 Å². The molecule has 184 valence electrons. The summed E-state index contributed by atoms with van der Waals surface area (Å²) in [7, 11) is -2.12. The van der Waals surface area contributed by atoms with E-state index in [1.54, 1.807) is 49.5 Å². The van der Waals surface area contributed by atoms with E-state index in [0.717, 1.165) is 30.4 Å². The minimum absolute atomic E-state index is 0.0653. The summed E-state index contributed by atoms with van der Waals surface area (Å²) >= 11 is 0. The summed E-state index contributed by atoms with van der Waals surface area (Å²) < 4.78 is 34.9. The quantitative estimate of drug-likeness (QED) is 0.673. The van der Waals surface area contributed by atoms with Crippen molar-refractivity contribution in [2.24, 2.45) is 11.8 Å². The lowest BCUT2D eigenvalue weighted by atomic mass is 9.84. The molecule has 2 aliphatic rings. The van der Waals surface area contributed by atoms with Gasteiger partial charge >= 0.3 is 0 Å². The Hall–Kier alpha value is -2.49. The standard InChI is InChI=1S/C25H33N3O5S/c1-17-14-28(18(2)16-29)34(31,32)24-8-7-21(19-9-11-26-12-10-19)13-22(24)33-23(17)15-27(3)25(30)20-5-4-6-20/h7-13,17-18,20,23,29H,4-6,14-16H2,1-3H3/t17-,18-,23+/m0/s1. The van der Waals surface area contributed by atoms with E-state index in [1.165, 1.54) is 4.31 Å². The molecule has 0 unspecified atom stereocenters. The van der Waals surface area contributed by atoms with E-state index in [0.29, 0.717) is 6.54 Å². The highest BCUT2D eigenvalue weighted by molar-refractivity contribution is 7.89. The van der Waals surface area contributed by atoms with Crippen molar-refractivity contribution in [2.75, 3.05) is 26.7 Å². The van der Waals surface area contributed by atoms with Gasteiger partial charge in [0, 0.05) is 43.9 Å². The Morgan fingerprint density at radius 1 is 1.24 bits per heavy atom. The molecular weight excluding hydrogens is 454 g/mol. The first-order valence-electron chi connectivity index (χ1n) is 11.8. The number of ether oxygens (including phenoxy) is 1. The molecule has 0 saturated heterocycles. The van der Waals surface area contributed by atoms with Gasteiger partial charge in [0.15, 0.2) is 0 Å². The number of pyridine rings is 1. The second kappa shape index (κ2) is 10.0. The van der Waals surface area contributed by atoms with Gasteiger partial charge in [0.05, 0.1) is 13.2 Å². The molecule has 9 heteroatoms. The summed E-state index contributed by atoms with van der Waals surface area (Å²) in [5, 5.41) is 9.79.